The van der Waals surface area contributed by atoms with Crippen LogP contribution >= 0.6 is 23.2 Å². The van der Waals surface area contributed by atoms with E-state index in [1.165, 1.54) is 12.1 Å². The van der Waals surface area contributed by atoms with Gasteiger partial charge in [0.25, 0.3) is 0 Å². The van der Waals surface area contributed by atoms with Crippen molar-refractivity contribution < 1.29 is 8.42 Å². The molecule has 6 heteroatoms. The molecule has 0 aliphatic carbocycles. The lowest BCUT2D eigenvalue weighted by molar-refractivity contribution is 0.598. The fourth-order valence-electron chi connectivity index (χ4n) is 0.958. The third-order valence-electron chi connectivity index (χ3n) is 1.43. The molecule has 1 aromatic rings. The van der Waals surface area contributed by atoms with Gasteiger partial charge in [-0.3, -0.25) is 0 Å². The number of halogens is 2. The van der Waals surface area contributed by atoms with Gasteiger partial charge >= 0.3 is 0 Å². The van der Waals surface area contributed by atoms with E-state index in [2.05, 4.69) is 0 Å². The Morgan fingerprint density at radius 1 is 1.23 bits per heavy atom. The monoisotopic (exact) mass is 239 g/mol. The maximum Gasteiger partial charge on any atom is 0.241 e. The third-order valence-corrected chi connectivity index (χ3v) is 3.26. The SMILES string of the molecule is Cc1cc(Cl)c(S(N)(=O)=O)c(Cl)c1. The minimum atomic E-state index is -3.84. The average Bonchev–Trinajstić information content (AvgIpc) is 1.78. The highest BCUT2D eigenvalue weighted by atomic mass is 35.5. The van der Waals surface area contributed by atoms with Crippen molar-refractivity contribution in [1.29, 1.82) is 0 Å². The number of hydrogen-bond acceptors (Lipinski definition) is 2. The third kappa shape index (κ3) is 2.34. The molecule has 0 aromatic heterocycles. The zero-order chi connectivity index (χ0) is 10.2. The van der Waals surface area contributed by atoms with Crippen molar-refractivity contribution >= 4 is 33.2 Å². The molecule has 1 aromatic carbocycles. The fourth-order valence-corrected chi connectivity index (χ4v) is 2.86. The van der Waals surface area contributed by atoms with Gasteiger partial charge in [0.05, 0.1) is 10.0 Å². The van der Waals surface area contributed by atoms with Crippen LogP contribution in [0.3, 0.4) is 0 Å². The summed E-state index contributed by atoms with van der Waals surface area (Å²) in [6.07, 6.45) is 0. The molecule has 0 heterocycles. The molecule has 0 saturated heterocycles. The van der Waals surface area contributed by atoms with Crippen LogP contribution in [0.25, 0.3) is 0 Å². The first-order valence-corrected chi connectivity index (χ1v) is 5.61. The van der Waals surface area contributed by atoms with E-state index >= 15 is 0 Å². The van der Waals surface area contributed by atoms with Crippen LogP contribution in [0.1, 0.15) is 5.56 Å². The highest BCUT2D eigenvalue weighted by molar-refractivity contribution is 7.89. The summed E-state index contributed by atoms with van der Waals surface area (Å²) in [6, 6.07) is 2.99. The summed E-state index contributed by atoms with van der Waals surface area (Å²) < 4.78 is 22.0. The molecule has 0 radical (unpaired) electrons. The summed E-state index contributed by atoms with van der Waals surface area (Å²) in [5.74, 6) is 0. The molecule has 0 aliphatic rings. The molecule has 0 unspecified atom stereocenters. The van der Waals surface area contributed by atoms with Crippen molar-refractivity contribution in [2.75, 3.05) is 0 Å². The van der Waals surface area contributed by atoms with E-state index in [4.69, 9.17) is 28.3 Å². The molecule has 0 bridgehead atoms. The number of benzene rings is 1. The van der Waals surface area contributed by atoms with Crippen LogP contribution in [0.15, 0.2) is 17.0 Å². The first-order valence-electron chi connectivity index (χ1n) is 3.31. The van der Waals surface area contributed by atoms with Gasteiger partial charge in [0.2, 0.25) is 10.0 Å². The van der Waals surface area contributed by atoms with Gasteiger partial charge in [-0.15, -0.1) is 0 Å². The summed E-state index contributed by atoms with van der Waals surface area (Å²) in [7, 11) is -3.84. The Labute approximate surface area is 86.5 Å². The second kappa shape index (κ2) is 3.46. The summed E-state index contributed by atoms with van der Waals surface area (Å²) >= 11 is 11.4. The predicted octanol–water partition coefficient (Wildman–Crippen LogP) is 1.95. The molecule has 2 N–H and O–H groups in total. The predicted molar refractivity (Wildman–Crippen MR) is 52.6 cm³/mol. The Bertz CT molecular complexity index is 419. The topological polar surface area (TPSA) is 60.2 Å². The second-order valence-electron chi connectivity index (χ2n) is 2.60. The normalized spacial score (nSPS) is 11.7. The number of primary sulfonamides is 1. The summed E-state index contributed by atoms with van der Waals surface area (Å²) in [4.78, 5) is -0.221. The minimum absolute atomic E-state index is 0.0486. The standard InChI is InChI=1S/C7H7Cl2NO2S/c1-4-2-5(8)7(6(9)3-4)13(10,11)12/h2-3H,1H3,(H2,10,11,12). The van der Waals surface area contributed by atoms with Crippen LogP contribution in [0.5, 0.6) is 0 Å². The zero-order valence-corrected chi connectivity index (χ0v) is 9.04. The minimum Gasteiger partial charge on any atom is -0.225 e. The molecule has 0 saturated carbocycles. The van der Waals surface area contributed by atoms with Gasteiger partial charge in [-0.25, -0.2) is 13.6 Å². The molecule has 0 fully saturated rings. The van der Waals surface area contributed by atoms with Gasteiger partial charge in [-0.1, -0.05) is 23.2 Å². The van der Waals surface area contributed by atoms with Crippen LogP contribution < -0.4 is 5.14 Å². The van der Waals surface area contributed by atoms with Gasteiger partial charge < -0.3 is 0 Å². The van der Waals surface area contributed by atoms with Crippen molar-refractivity contribution in [2.45, 2.75) is 11.8 Å². The first kappa shape index (κ1) is 10.8. The van der Waals surface area contributed by atoms with E-state index in [0.29, 0.717) is 0 Å². The summed E-state index contributed by atoms with van der Waals surface area (Å²) in [5.41, 5.74) is 0.780. The van der Waals surface area contributed by atoms with E-state index in [1.807, 2.05) is 0 Å². The smallest absolute Gasteiger partial charge is 0.225 e. The van der Waals surface area contributed by atoms with Crippen molar-refractivity contribution in [2.24, 2.45) is 5.14 Å². The molecule has 13 heavy (non-hydrogen) atoms. The lowest BCUT2D eigenvalue weighted by Crippen LogP contribution is -2.13. The number of aryl methyl sites for hydroxylation is 1. The van der Waals surface area contributed by atoms with Gasteiger partial charge in [-0.2, -0.15) is 0 Å². The first-order chi connectivity index (χ1) is 5.82. The highest BCUT2D eigenvalue weighted by Gasteiger charge is 2.17. The zero-order valence-electron chi connectivity index (χ0n) is 6.71. The van der Waals surface area contributed by atoms with Crippen molar-refractivity contribution in [3.63, 3.8) is 0 Å². The van der Waals surface area contributed by atoms with E-state index in [9.17, 15) is 8.42 Å². The highest BCUT2D eigenvalue weighted by Crippen LogP contribution is 2.29. The molecule has 0 amide bonds. The maximum absolute atomic E-state index is 11.0. The Hall–Kier alpha value is -0.290. The van der Waals surface area contributed by atoms with Crippen LogP contribution in [0, 0.1) is 6.92 Å². The van der Waals surface area contributed by atoms with Crippen LogP contribution in [-0.4, -0.2) is 8.42 Å². The van der Waals surface area contributed by atoms with Crippen molar-refractivity contribution in [1.82, 2.24) is 0 Å². The Morgan fingerprint density at radius 3 is 1.92 bits per heavy atom. The van der Waals surface area contributed by atoms with Gasteiger partial charge in [-0.05, 0) is 24.6 Å². The maximum atomic E-state index is 11.0. The lowest BCUT2D eigenvalue weighted by atomic mass is 10.2. The van der Waals surface area contributed by atoms with E-state index in [-0.39, 0.29) is 14.9 Å². The van der Waals surface area contributed by atoms with Gasteiger partial charge in [0.1, 0.15) is 4.90 Å². The van der Waals surface area contributed by atoms with Crippen molar-refractivity contribution in [3.05, 3.63) is 27.7 Å². The quantitative estimate of drug-likeness (QED) is 0.815. The number of nitrogens with two attached hydrogens (primary N) is 1. The van der Waals surface area contributed by atoms with Gasteiger partial charge in [0.15, 0.2) is 0 Å². The van der Waals surface area contributed by atoms with Crippen LogP contribution in [0.4, 0.5) is 0 Å². The van der Waals surface area contributed by atoms with Crippen molar-refractivity contribution in [3.8, 4) is 0 Å². The van der Waals surface area contributed by atoms with Crippen LogP contribution in [0.2, 0.25) is 10.0 Å². The molecule has 0 aliphatic heterocycles. The fraction of sp³-hybridized carbons (Fsp3) is 0.143. The largest absolute Gasteiger partial charge is 0.241 e. The number of hydrogen-bond donors (Lipinski definition) is 1. The van der Waals surface area contributed by atoms with Crippen LogP contribution in [-0.2, 0) is 10.0 Å². The summed E-state index contributed by atoms with van der Waals surface area (Å²) in [6.45, 7) is 1.75. The number of rotatable bonds is 1. The molecule has 3 nitrogen and oxygen atoms in total. The average molecular weight is 240 g/mol. The Kier molecular flexibility index (Phi) is 2.87. The molecule has 0 spiro atoms. The lowest BCUT2D eigenvalue weighted by Gasteiger charge is -2.04. The number of sulfonamides is 1. The van der Waals surface area contributed by atoms with Gasteiger partial charge in [0, 0.05) is 0 Å². The molecule has 72 valence electrons. The van der Waals surface area contributed by atoms with E-state index in [0.717, 1.165) is 5.56 Å². The second-order valence-corrected chi connectivity index (χ2v) is 4.92. The summed E-state index contributed by atoms with van der Waals surface area (Å²) in [5, 5.41) is 5.01. The molecule has 0 atom stereocenters. The Morgan fingerprint density at radius 2 is 1.62 bits per heavy atom. The molecular weight excluding hydrogens is 233 g/mol. The molecular formula is C7H7Cl2NO2S. The van der Waals surface area contributed by atoms with E-state index in [1.54, 1.807) is 6.92 Å². The van der Waals surface area contributed by atoms with E-state index < -0.39 is 10.0 Å². The molecule has 1 rings (SSSR count). The Balaban J connectivity index is 3.57.